The summed E-state index contributed by atoms with van der Waals surface area (Å²) in [6.45, 7) is 3.96. The molecule has 2 aromatic carbocycles. The first-order chi connectivity index (χ1) is 11.2. The van der Waals surface area contributed by atoms with Crippen molar-refractivity contribution >= 4 is 12.2 Å². The fourth-order valence-corrected chi connectivity index (χ4v) is 2.25. The fraction of sp³-hybridized carbons (Fsp3) is 0.200. The lowest BCUT2D eigenvalue weighted by Crippen LogP contribution is -1.94. The van der Waals surface area contributed by atoms with Gasteiger partial charge in [0, 0.05) is 0 Å². The molecule has 0 saturated carbocycles. The third kappa shape index (κ3) is 4.16. The topological polar surface area (TPSA) is 27.7 Å². The molecule has 0 saturated heterocycles. The first-order valence-corrected chi connectivity index (χ1v) is 7.51. The van der Waals surface area contributed by atoms with Crippen LogP contribution in [0, 0.1) is 0 Å². The highest BCUT2D eigenvalue weighted by Crippen LogP contribution is 2.37. The summed E-state index contributed by atoms with van der Waals surface area (Å²) >= 11 is 0. The maximum Gasteiger partial charge on any atom is 0.169 e. The Kier molecular flexibility index (Phi) is 5.87. The molecule has 0 amide bonds. The highest BCUT2D eigenvalue weighted by atomic mass is 16.5. The number of rotatable bonds is 6. The van der Waals surface area contributed by atoms with Gasteiger partial charge in [0.05, 0.1) is 14.2 Å². The van der Waals surface area contributed by atoms with Crippen LogP contribution in [0.15, 0.2) is 48.6 Å². The van der Waals surface area contributed by atoms with Crippen LogP contribution in [0.1, 0.15) is 25.0 Å². The van der Waals surface area contributed by atoms with Crippen molar-refractivity contribution in [1.82, 2.24) is 0 Å². The fourth-order valence-electron chi connectivity index (χ4n) is 2.25. The Morgan fingerprint density at radius 2 is 1.09 bits per heavy atom. The molecule has 0 radical (unpaired) electrons. The molecule has 3 heteroatoms. The Balaban J connectivity index is 2.34. The molecule has 3 nitrogen and oxygen atoms in total. The summed E-state index contributed by atoms with van der Waals surface area (Å²) in [5.74, 6) is 2.66. The molecule has 0 bridgehead atoms. The van der Waals surface area contributed by atoms with Gasteiger partial charge in [0.1, 0.15) is 0 Å². The van der Waals surface area contributed by atoms with Gasteiger partial charge in [-0.05, 0) is 49.2 Å². The minimum Gasteiger partial charge on any atom is -0.493 e. The van der Waals surface area contributed by atoms with Gasteiger partial charge in [-0.25, -0.2) is 0 Å². The van der Waals surface area contributed by atoms with Crippen molar-refractivity contribution in [1.29, 1.82) is 0 Å². The average Bonchev–Trinajstić information content (AvgIpc) is 2.57. The molecule has 0 unspecified atom stereocenters. The summed E-state index contributed by atoms with van der Waals surface area (Å²) in [6, 6.07) is 11.6. The SMILES string of the molecule is C/C=C/c1ccc(Oc2ccc(/C=C/C)cc2OC)c(OC)c1. The summed E-state index contributed by atoms with van der Waals surface area (Å²) in [4.78, 5) is 0. The number of benzene rings is 2. The van der Waals surface area contributed by atoms with Crippen LogP contribution in [-0.2, 0) is 0 Å². The zero-order valence-corrected chi connectivity index (χ0v) is 14.0. The number of allylic oxidation sites excluding steroid dienone is 2. The second-order valence-corrected chi connectivity index (χ2v) is 4.92. The number of methoxy groups -OCH3 is 2. The molecule has 0 aliphatic carbocycles. The number of hydrogen-bond acceptors (Lipinski definition) is 3. The quantitative estimate of drug-likeness (QED) is 0.699. The van der Waals surface area contributed by atoms with E-state index in [2.05, 4.69) is 0 Å². The zero-order valence-electron chi connectivity index (χ0n) is 14.0. The number of hydrogen-bond donors (Lipinski definition) is 0. The Hall–Kier alpha value is -2.68. The minimum atomic E-state index is 0.651. The van der Waals surface area contributed by atoms with Crippen LogP contribution in [0.4, 0.5) is 0 Å². The van der Waals surface area contributed by atoms with E-state index >= 15 is 0 Å². The van der Waals surface area contributed by atoms with E-state index in [1.54, 1.807) is 14.2 Å². The van der Waals surface area contributed by atoms with Crippen molar-refractivity contribution in [2.45, 2.75) is 13.8 Å². The molecule has 0 spiro atoms. The molecule has 0 aromatic heterocycles. The van der Waals surface area contributed by atoms with Gasteiger partial charge in [0.2, 0.25) is 0 Å². The molecule has 2 rings (SSSR count). The van der Waals surface area contributed by atoms with Crippen LogP contribution in [0.2, 0.25) is 0 Å². The molecule has 23 heavy (non-hydrogen) atoms. The van der Waals surface area contributed by atoms with Crippen LogP contribution < -0.4 is 14.2 Å². The highest BCUT2D eigenvalue weighted by molar-refractivity contribution is 5.59. The van der Waals surface area contributed by atoms with E-state index in [0.717, 1.165) is 11.1 Å². The minimum absolute atomic E-state index is 0.651. The summed E-state index contributed by atoms with van der Waals surface area (Å²) in [5.41, 5.74) is 2.12. The van der Waals surface area contributed by atoms with Crippen molar-refractivity contribution in [3.63, 3.8) is 0 Å². The normalized spacial score (nSPS) is 11.1. The van der Waals surface area contributed by atoms with Gasteiger partial charge in [0.15, 0.2) is 23.0 Å². The second-order valence-electron chi connectivity index (χ2n) is 4.92. The predicted octanol–water partition coefficient (Wildman–Crippen LogP) is 5.56. The van der Waals surface area contributed by atoms with Crippen molar-refractivity contribution in [3.8, 4) is 23.0 Å². The molecule has 2 aromatic rings. The average molecular weight is 310 g/mol. The van der Waals surface area contributed by atoms with E-state index < -0.39 is 0 Å². The Labute approximate surface area is 137 Å². The van der Waals surface area contributed by atoms with E-state index in [-0.39, 0.29) is 0 Å². The first-order valence-electron chi connectivity index (χ1n) is 7.51. The van der Waals surface area contributed by atoms with E-state index in [0.29, 0.717) is 23.0 Å². The summed E-state index contributed by atoms with van der Waals surface area (Å²) in [5, 5.41) is 0. The lowest BCUT2D eigenvalue weighted by molar-refractivity contribution is 0.356. The van der Waals surface area contributed by atoms with Gasteiger partial charge in [0.25, 0.3) is 0 Å². The van der Waals surface area contributed by atoms with Crippen LogP contribution in [0.5, 0.6) is 23.0 Å². The molecular formula is C20H22O3. The monoisotopic (exact) mass is 310 g/mol. The van der Waals surface area contributed by atoms with Crippen molar-refractivity contribution in [2.75, 3.05) is 14.2 Å². The Bertz CT molecular complexity index is 653. The van der Waals surface area contributed by atoms with Crippen molar-refractivity contribution in [3.05, 3.63) is 59.7 Å². The Morgan fingerprint density at radius 1 is 0.652 bits per heavy atom. The lowest BCUT2D eigenvalue weighted by atomic mass is 10.1. The van der Waals surface area contributed by atoms with E-state index in [4.69, 9.17) is 14.2 Å². The summed E-state index contributed by atoms with van der Waals surface area (Å²) in [7, 11) is 3.27. The van der Waals surface area contributed by atoms with Crippen molar-refractivity contribution in [2.24, 2.45) is 0 Å². The molecule has 120 valence electrons. The van der Waals surface area contributed by atoms with Gasteiger partial charge in [-0.15, -0.1) is 0 Å². The van der Waals surface area contributed by atoms with E-state index in [1.165, 1.54) is 0 Å². The van der Waals surface area contributed by atoms with Gasteiger partial charge in [-0.1, -0.05) is 36.4 Å². The molecule has 0 atom stereocenters. The first kappa shape index (κ1) is 16.7. The zero-order chi connectivity index (χ0) is 16.7. The predicted molar refractivity (Wildman–Crippen MR) is 95.5 cm³/mol. The molecule has 0 heterocycles. The third-order valence-electron chi connectivity index (χ3n) is 3.31. The van der Waals surface area contributed by atoms with Crippen LogP contribution in [-0.4, -0.2) is 14.2 Å². The smallest absolute Gasteiger partial charge is 0.169 e. The molecule has 0 N–H and O–H groups in total. The van der Waals surface area contributed by atoms with Gasteiger partial charge >= 0.3 is 0 Å². The standard InChI is InChI=1S/C20H22O3/c1-5-7-15-9-11-17(19(13-15)21-3)23-18-12-10-16(8-6-2)14-20(18)22-4/h5-14H,1-4H3/b7-5+,8-6+. The largest absolute Gasteiger partial charge is 0.493 e. The summed E-state index contributed by atoms with van der Waals surface area (Å²) in [6.07, 6.45) is 7.99. The lowest BCUT2D eigenvalue weighted by Gasteiger charge is -2.14. The van der Waals surface area contributed by atoms with E-state index in [9.17, 15) is 0 Å². The molecule has 0 aliphatic rings. The van der Waals surface area contributed by atoms with Gasteiger partial charge in [-0.2, -0.15) is 0 Å². The van der Waals surface area contributed by atoms with E-state index in [1.807, 2.05) is 74.5 Å². The van der Waals surface area contributed by atoms with Crippen LogP contribution in [0.25, 0.3) is 12.2 Å². The summed E-state index contributed by atoms with van der Waals surface area (Å²) < 4.78 is 16.8. The second kappa shape index (κ2) is 8.08. The van der Waals surface area contributed by atoms with Crippen LogP contribution >= 0.6 is 0 Å². The van der Waals surface area contributed by atoms with Gasteiger partial charge in [-0.3, -0.25) is 0 Å². The van der Waals surface area contributed by atoms with Crippen molar-refractivity contribution < 1.29 is 14.2 Å². The maximum absolute atomic E-state index is 5.99. The number of ether oxygens (including phenoxy) is 3. The van der Waals surface area contributed by atoms with Gasteiger partial charge < -0.3 is 14.2 Å². The molecule has 0 fully saturated rings. The molecule has 0 aliphatic heterocycles. The van der Waals surface area contributed by atoms with Crippen LogP contribution in [0.3, 0.4) is 0 Å². The molecular weight excluding hydrogens is 288 g/mol. The third-order valence-corrected chi connectivity index (χ3v) is 3.31. The maximum atomic E-state index is 5.99. The Morgan fingerprint density at radius 3 is 1.43 bits per heavy atom. The highest BCUT2D eigenvalue weighted by Gasteiger charge is 2.10.